The van der Waals surface area contributed by atoms with Gasteiger partial charge < -0.3 is 14.4 Å². The van der Waals surface area contributed by atoms with Crippen molar-refractivity contribution in [3.8, 4) is 0 Å². The second-order valence-electron chi connectivity index (χ2n) is 9.29. The topological polar surface area (TPSA) is 147 Å². The number of carbonyl (C=O) groups excluding carboxylic acids is 3. The fourth-order valence-electron chi connectivity index (χ4n) is 4.46. The van der Waals surface area contributed by atoms with Crippen LogP contribution in [0.25, 0.3) is 0 Å². The van der Waals surface area contributed by atoms with E-state index in [4.69, 9.17) is 21.1 Å². The molecule has 1 amide bonds. The lowest BCUT2D eigenvalue weighted by Crippen LogP contribution is -2.58. The van der Waals surface area contributed by atoms with Gasteiger partial charge >= 0.3 is 11.9 Å². The number of β-lactam (4-membered cyclic amide) rings is 1. The van der Waals surface area contributed by atoms with Crippen molar-refractivity contribution in [3.63, 3.8) is 0 Å². The van der Waals surface area contributed by atoms with Gasteiger partial charge in [0.1, 0.15) is 19.3 Å². The molecule has 39 heavy (non-hydrogen) atoms. The van der Waals surface area contributed by atoms with Gasteiger partial charge in [0.05, 0.1) is 34.2 Å². The first-order chi connectivity index (χ1) is 18.6. The van der Waals surface area contributed by atoms with E-state index in [0.717, 1.165) is 5.56 Å². The molecule has 3 heterocycles. The normalized spacial score (nSPS) is 21.7. The third-order valence-electron chi connectivity index (χ3n) is 6.45. The van der Waals surface area contributed by atoms with Crippen LogP contribution >= 0.6 is 23.4 Å². The quantitative estimate of drug-likeness (QED) is 0.162. The highest BCUT2D eigenvalue weighted by Gasteiger charge is 2.61. The number of ether oxygens (including phenoxy) is 2. The molecule has 14 heteroatoms. The number of halogens is 1. The first-order valence-corrected chi connectivity index (χ1v) is 13.1. The molecule has 202 valence electrons. The summed E-state index contributed by atoms with van der Waals surface area (Å²) in [6.07, 6.45) is 1.59. The number of carbonyl (C=O) groups is 3. The number of hydrogen-bond acceptors (Lipinski definition) is 10. The van der Waals surface area contributed by atoms with Crippen LogP contribution in [0, 0.1) is 10.1 Å². The summed E-state index contributed by atoms with van der Waals surface area (Å²) >= 11 is 7.32. The molecule has 1 aromatic heterocycles. The maximum Gasteiger partial charge on any atom is 0.360 e. The highest BCUT2D eigenvalue weighted by Crippen LogP contribution is 2.51. The second kappa shape index (κ2) is 10.7. The molecule has 12 nitrogen and oxygen atoms in total. The van der Waals surface area contributed by atoms with Gasteiger partial charge in [-0.25, -0.2) is 9.59 Å². The van der Waals surface area contributed by atoms with Crippen molar-refractivity contribution in [2.24, 2.45) is 0 Å². The third kappa shape index (κ3) is 5.59. The van der Waals surface area contributed by atoms with E-state index in [1.807, 2.05) is 6.92 Å². The SMILES string of the molecule is CC1(Cn2ncc(C(=O)OCc3ccc(Cl)cc3)n2)SC2CC(=O)N2C1C(=O)OCc1ccc([N+](=O)[O-])cc1. The van der Waals surface area contributed by atoms with E-state index in [0.29, 0.717) is 17.0 Å². The Morgan fingerprint density at radius 3 is 2.41 bits per heavy atom. The zero-order valence-corrected chi connectivity index (χ0v) is 22.1. The summed E-state index contributed by atoms with van der Waals surface area (Å²) in [6, 6.07) is 11.7. The van der Waals surface area contributed by atoms with E-state index in [1.165, 1.54) is 51.9 Å². The van der Waals surface area contributed by atoms with Gasteiger partial charge in [-0.2, -0.15) is 9.90 Å². The molecule has 3 atom stereocenters. The molecule has 2 aliphatic rings. The number of hydrogen-bond donors (Lipinski definition) is 0. The van der Waals surface area contributed by atoms with Crippen LogP contribution in [0.15, 0.2) is 54.7 Å². The van der Waals surface area contributed by atoms with Crippen LogP contribution in [0.5, 0.6) is 0 Å². The summed E-state index contributed by atoms with van der Waals surface area (Å²) in [5.41, 5.74) is 1.27. The Hall–Kier alpha value is -3.97. The number of esters is 2. The first-order valence-electron chi connectivity index (χ1n) is 11.8. The molecule has 2 saturated heterocycles. The summed E-state index contributed by atoms with van der Waals surface area (Å²) in [4.78, 5) is 51.2. The molecular formula is C25H22ClN5O7S. The van der Waals surface area contributed by atoms with E-state index < -0.39 is 27.7 Å². The van der Waals surface area contributed by atoms with Gasteiger partial charge in [0.15, 0.2) is 5.69 Å². The highest BCUT2D eigenvalue weighted by molar-refractivity contribution is 8.01. The molecular weight excluding hydrogens is 550 g/mol. The molecule has 0 spiro atoms. The molecule has 2 fully saturated rings. The average molecular weight is 572 g/mol. The zero-order chi connectivity index (χ0) is 27.7. The van der Waals surface area contributed by atoms with Crippen molar-refractivity contribution in [1.82, 2.24) is 19.9 Å². The second-order valence-corrected chi connectivity index (χ2v) is 11.4. The summed E-state index contributed by atoms with van der Waals surface area (Å²) in [5.74, 6) is -1.42. The average Bonchev–Trinajstić information content (AvgIpc) is 3.46. The van der Waals surface area contributed by atoms with Crippen molar-refractivity contribution in [2.75, 3.05) is 0 Å². The predicted octanol–water partition coefficient (Wildman–Crippen LogP) is 3.37. The fraction of sp³-hybridized carbons (Fsp3) is 0.320. The Morgan fingerprint density at radius 2 is 1.77 bits per heavy atom. The molecule has 0 aliphatic carbocycles. The molecule has 3 unspecified atom stereocenters. The largest absolute Gasteiger partial charge is 0.459 e. The molecule has 2 aliphatic heterocycles. The van der Waals surface area contributed by atoms with Crippen LogP contribution in [-0.2, 0) is 38.8 Å². The number of benzene rings is 2. The van der Waals surface area contributed by atoms with Crippen molar-refractivity contribution in [1.29, 1.82) is 0 Å². The van der Waals surface area contributed by atoms with Crippen LogP contribution in [0.3, 0.4) is 0 Å². The number of aromatic nitrogens is 3. The molecule has 0 radical (unpaired) electrons. The Balaban J connectivity index is 1.24. The van der Waals surface area contributed by atoms with Crippen LogP contribution in [0.1, 0.15) is 35.0 Å². The van der Waals surface area contributed by atoms with E-state index in [-0.39, 0.29) is 42.4 Å². The van der Waals surface area contributed by atoms with Gasteiger partial charge in [-0.1, -0.05) is 23.7 Å². The maximum absolute atomic E-state index is 13.2. The molecule has 0 bridgehead atoms. The van der Waals surface area contributed by atoms with Gasteiger partial charge in [-0.3, -0.25) is 14.9 Å². The van der Waals surface area contributed by atoms with Crippen LogP contribution < -0.4 is 0 Å². The number of amides is 1. The van der Waals surface area contributed by atoms with Gasteiger partial charge in [0.25, 0.3) is 5.69 Å². The highest BCUT2D eigenvalue weighted by atomic mass is 35.5. The molecule has 3 aromatic rings. The van der Waals surface area contributed by atoms with Crippen molar-refractivity contribution in [2.45, 2.75) is 49.3 Å². The summed E-state index contributed by atoms with van der Waals surface area (Å²) in [5, 5.41) is 19.7. The molecule has 5 rings (SSSR count). The number of thioether (sulfide) groups is 1. The third-order valence-corrected chi connectivity index (χ3v) is 8.25. The minimum Gasteiger partial charge on any atom is -0.459 e. The summed E-state index contributed by atoms with van der Waals surface area (Å²) in [7, 11) is 0. The molecule has 0 saturated carbocycles. The monoisotopic (exact) mass is 571 g/mol. The lowest BCUT2D eigenvalue weighted by molar-refractivity contribution is -0.384. The smallest absolute Gasteiger partial charge is 0.360 e. The number of nitro groups is 1. The van der Waals surface area contributed by atoms with Crippen molar-refractivity contribution < 1.29 is 28.8 Å². The van der Waals surface area contributed by atoms with E-state index in [9.17, 15) is 24.5 Å². The van der Waals surface area contributed by atoms with Crippen LogP contribution in [0.2, 0.25) is 5.02 Å². The Morgan fingerprint density at radius 1 is 1.13 bits per heavy atom. The van der Waals surface area contributed by atoms with Crippen LogP contribution in [-0.4, -0.2) is 58.8 Å². The summed E-state index contributed by atoms with van der Waals surface area (Å²) < 4.78 is 9.99. The Bertz CT molecular complexity index is 1430. The van der Waals surface area contributed by atoms with Gasteiger partial charge in [-0.05, 0) is 42.3 Å². The molecule has 2 aromatic carbocycles. The number of fused-ring (bicyclic) bond motifs is 1. The van der Waals surface area contributed by atoms with Crippen LogP contribution in [0.4, 0.5) is 5.69 Å². The minimum absolute atomic E-state index is 0.00668. The first kappa shape index (κ1) is 26.6. The number of non-ortho nitro benzene ring substituents is 1. The zero-order valence-electron chi connectivity index (χ0n) is 20.6. The maximum atomic E-state index is 13.2. The lowest BCUT2D eigenvalue weighted by atomic mass is 9.96. The number of nitro benzene ring substituents is 1. The van der Waals surface area contributed by atoms with Crippen molar-refractivity contribution >= 4 is 46.9 Å². The lowest BCUT2D eigenvalue weighted by Gasteiger charge is -2.37. The summed E-state index contributed by atoms with van der Waals surface area (Å²) in [6.45, 7) is 1.88. The molecule has 0 N–H and O–H groups in total. The van der Waals surface area contributed by atoms with E-state index in [2.05, 4.69) is 10.2 Å². The van der Waals surface area contributed by atoms with Gasteiger partial charge in [0, 0.05) is 17.2 Å². The predicted molar refractivity (Wildman–Crippen MR) is 139 cm³/mol. The van der Waals surface area contributed by atoms with Gasteiger partial charge in [0.2, 0.25) is 5.91 Å². The van der Waals surface area contributed by atoms with Crippen molar-refractivity contribution in [3.05, 3.63) is 86.7 Å². The number of rotatable bonds is 9. The Kier molecular flexibility index (Phi) is 7.28. The number of nitrogens with zero attached hydrogens (tertiary/aromatic N) is 5. The van der Waals surface area contributed by atoms with E-state index in [1.54, 1.807) is 24.3 Å². The minimum atomic E-state index is -0.905. The Labute approximate surface area is 231 Å². The standard InChI is InChI=1S/C25H22ClN5O7S/c1-25(14-29-27-11-19(28-29)23(33)37-12-15-2-6-17(26)7-3-15)22(30-20(32)10-21(30)39-25)24(34)38-13-16-4-8-18(9-5-16)31(35)36/h2-9,11,21-22H,10,12-14H2,1H3. The van der Waals surface area contributed by atoms with E-state index >= 15 is 0 Å². The van der Waals surface area contributed by atoms with Gasteiger partial charge in [-0.15, -0.1) is 16.9 Å². The fourth-order valence-corrected chi connectivity index (χ4v) is 6.32.